The number of carbonyl (C=O) groups excluding carboxylic acids is 1. The standard InChI is InChI=1S/C12H11F3N4O2/c1-2-21-11(20)10-17-9(18-19-10)7-5-6(12(13,14)15)3-4-8(7)16/h3-5H,2,16H2,1H3,(H,17,18,19). The van der Waals surface area contributed by atoms with E-state index in [0.29, 0.717) is 0 Å². The number of aromatic amines is 1. The minimum absolute atomic E-state index is 0.0170. The Morgan fingerprint density at radius 1 is 1.43 bits per heavy atom. The number of hydrogen-bond acceptors (Lipinski definition) is 5. The van der Waals surface area contributed by atoms with Gasteiger partial charge < -0.3 is 10.5 Å². The summed E-state index contributed by atoms with van der Waals surface area (Å²) in [6.07, 6.45) is -4.51. The van der Waals surface area contributed by atoms with Crippen molar-refractivity contribution >= 4 is 11.7 Å². The van der Waals surface area contributed by atoms with E-state index in [1.165, 1.54) is 0 Å². The van der Waals surface area contributed by atoms with E-state index in [2.05, 4.69) is 15.2 Å². The third-order valence-electron chi connectivity index (χ3n) is 2.58. The van der Waals surface area contributed by atoms with Gasteiger partial charge in [-0.25, -0.2) is 9.78 Å². The van der Waals surface area contributed by atoms with Gasteiger partial charge in [0.05, 0.1) is 12.2 Å². The normalized spacial score (nSPS) is 11.4. The number of nitrogen functional groups attached to an aromatic ring is 1. The van der Waals surface area contributed by atoms with Crippen molar-refractivity contribution in [1.29, 1.82) is 0 Å². The number of rotatable bonds is 3. The number of aromatic nitrogens is 3. The molecule has 0 radical (unpaired) electrons. The van der Waals surface area contributed by atoms with Gasteiger partial charge in [-0.05, 0) is 25.1 Å². The van der Waals surface area contributed by atoms with Gasteiger partial charge >= 0.3 is 12.1 Å². The number of anilines is 1. The first kappa shape index (κ1) is 14.8. The van der Waals surface area contributed by atoms with Gasteiger partial charge in [-0.1, -0.05) is 0 Å². The van der Waals surface area contributed by atoms with Crippen LogP contribution in [0, 0.1) is 0 Å². The fourth-order valence-electron chi connectivity index (χ4n) is 1.60. The van der Waals surface area contributed by atoms with Crippen LogP contribution < -0.4 is 5.73 Å². The van der Waals surface area contributed by atoms with Crippen molar-refractivity contribution in [2.45, 2.75) is 13.1 Å². The Kier molecular flexibility index (Phi) is 3.83. The summed E-state index contributed by atoms with van der Waals surface area (Å²) in [4.78, 5) is 15.2. The second-order valence-electron chi connectivity index (χ2n) is 4.03. The minimum Gasteiger partial charge on any atom is -0.460 e. The van der Waals surface area contributed by atoms with Gasteiger partial charge in [0.1, 0.15) is 0 Å². The predicted molar refractivity (Wildman–Crippen MR) is 67.2 cm³/mol. The Balaban J connectivity index is 2.40. The number of esters is 1. The van der Waals surface area contributed by atoms with Crippen molar-refractivity contribution in [2.75, 3.05) is 12.3 Å². The molecule has 0 saturated carbocycles. The molecule has 1 heterocycles. The lowest BCUT2D eigenvalue weighted by molar-refractivity contribution is -0.137. The first-order valence-corrected chi connectivity index (χ1v) is 5.89. The number of nitrogens with zero attached hydrogens (tertiary/aromatic N) is 2. The van der Waals surface area contributed by atoms with Crippen molar-refractivity contribution in [3.05, 3.63) is 29.6 Å². The molecule has 0 atom stereocenters. The lowest BCUT2D eigenvalue weighted by Gasteiger charge is -2.09. The van der Waals surface area contributed by atoms with Crippen LogP contribution in [0.1, 0.15) is 23.1 Å². The summed E-state index contributed by atoms with van der Waals surface area (Å²) in [5, 5.41) is 5.99. The molecule has 0 spiro atoms. The molecule has 0 unspecified atom stereocenters. The minimum atomic E-state index is -4.51. The summed E-state index contributed by atoms with van der Waals surface area (Å²) in [5.41, 5.74) is 4.80. The molecule has 0 saturated heterocycles. The number of alkyl halides is 3. The third kappa shape index (κ3) is 3.12. The van der Waals surface area contributed by atoms with Crippen LogP contribution in [0.15, 0.2) is 18.2 Å². The summed E-state index contributed by atoms with van der Waals surface area (Å²) >= 11 is 0. The van der Waals surface area contributed by atoms with Gasteiger partial charge in [-0.2, -0.15) is 18.3 Å². The molecule has 2 aromatic rings. The molecule has 0 aliphatic carbocycles. The van der Waals surface area contributed by atoms with Crippen LogP contribution in [-0.2, 0) is 10.9 Å². The van der Waals surface area contributed by atoms with E-state index in [4.69, 9.17) is 10.5 Å². The molecule has 112 valence electrons. The second-order valence-corrected chi connectivity index (χ2v) is 4.03. The molecular weight excluding hydrogens is 289 g/mol. The van der Waals surface area contributed by atoms with E-state index < -0.39 is 17.7 Å². The number of nitrogens with two attached hydrogens (primary N) is 1. The Morgan fingerprint density at radius 3 is 2.76 bits per heavy atom. The lowest BCUT2D eigenvalue weighted by atomic mass is 10.1. The van der Waals surface area contributed by atoms with Crippen LogP contribution in [0.2, 0.25) is 0 Å². The van der Waals surface area contributed by atoms with Crippen molar-refractivity contribution in [1.82, 2.24) is 15.2 Å². The summed E-state index contributed by atoms with van der Waals surface area (Å²) in [5.74, 6) is -1.06. The zero-order valence-electron chi connectivity index (χ0n) is 10.9. The monoisotopic (exact) mass is 300 g/mol. The summed E-state index contributed by atoms with van der Waals surface area (Å²) in [6.45, 7) is 1.75. The number of H-pyrrole nitrogens is 1. The van der Waals surface area contributed by atoms with E-state index >= 15 is 0 Å². The molecule has 1 aromatic carbocycles. The molecule has 6 nitrogen and oxygen atoms in total. The number of carbonyl (C=O) groups is 1. The SMILES string of the molecule is CCOC(=O)c1nc(-c2cc(C(F)(F)F)ccc2N)n[nH]1. The van der Waals surface area contributed by atoms with E-state index in [9.17, 15) is 18.0 Å². The highest BCUT2D eigenvalue weighted by atomic mass is 19.4. The van der Waals surface area contributed by atoms with Gasteiger partial charge in [0.15, 0.2) is 5.82 Å². The molecule has 21 heavy (non-hydrogen) atoms. The Hall–Kier alpha value is -2.58. The Bertz CT molecular complexity index is 667. The van der Waals surface area contributed by atoms with Crippen LogP contribution in [0.4, 0.5) is 18.9 Å². The van der Waals surface area contributed by atoms with E-state index in [1.807, 2.05) is 0 Å². The smallest absolute Gasteiger partial charge is 0.416 e. The summed E-state index contributed by atoms with van der Waals surface area (Å²) in [6, 6.07) is 2.80. The molecule has 1 aromatic heterocycles. The van der Waals surface area contributed by atoms with Crippen LogP contribution >= 0.6 is 0 Å². The zero-order chi connectivity index (χ0) is 15.6. The van der Waals surface area contributed by atoms with Gasteiger partial charge in [-0.3, -0.25) is 5.10 Å². The highest BCUT2D eigenvalue weighted by Crippen LogP contribution is 2.33. The fraction of sp³-hybridized carbons (Fsp3) is 0.250. The van der Waals surface area contributed by atoms with E-state index in [0.717, 1.165) is 18.2 Å². The van der Waals surface area contributed by atoms with Gasteiger partial charge in [0, 0.05) is 11.3 Å². The zero-order valence-corrected chi connectivity index (χ0v) is 10.9. The number of benzene rings is 1. The Morgan fingerprint density at radius 2 is 2.14 bits per heavy atom. The molecule has 2 rings (SSSR count). The van der Waals surface area contributed by atoms with Crippen LogP contribution in [0.3, 0.4) is 0 Å². The Labute approximate surface area is 117 Å². The van der Waals surface area contributed by atoms with Crippen LogP contribution in [0.25, 0.3) is 11.4 Å². The molecule has 0 aliphatic heterocycles. The predicted octanol–water partition coefficient (Wildman–Crippen LogP) is 2.25. The molecule has 9 heteroatoms. The average molecular weight is 300 g/mol. The van der Waals surface area contributed by atoms with Crippen LogP contribution in [-0.4, -0.2) is 27.8 Å². The van der Waals surface area contributed by atoms with Crippen molar-refractivity contribution in [3.63, 3.8) is 0 Å². The van der Waals surface area contributed by atoms with Gasteiger partial charge in [-0.15, -0.1) is 0 Å². The maximum Gasteiger partial charge on any atom is 0.416 e. The van der Waals surface area contributed by atoms with Gasteiger partial charge in [0.25, 0.3) is 0 Å². The number of hydrogen-bond donors (Lipinski definition) is 2. The molecule has 0 amide bonds. The van der Waals surface area contributed by atoms with E-state index in [1.54, 1.807) is 6.92 Å². The largest absolute Gasteiger partial charge is 0.460 e. The summed E-state index contributed by atoms with van der Waals surface area (Å²) in [7, 11) is 0. The highest BCUT2D eigenvalue weighted by Gasteiger charge is 2.31. The second kappa shape index (κ2) is 5.43. The first-order chi connectivity index (χ1) is 9.82. The van der Waals surface area contributed by atoms with Crippen molar-refractivity contribution in [2.24, 2.45) is 0 Å². The highest BCUT2D eigenvalue weighted by molar-refractivity contribution is 5.86. The maximum absolute atomic E-state index is 12.7. The molecule has 3 N–H and O–H groups in total. The molecule has 0 aliphatic rings. The fourth-order valence-corrected chi connectivity index (χ4v) is 1.60. The molecular formula is C12H11F3N4O2. The number of halogens is 3. The summed E-state index contributed by atoms with van der Waals surface area (Å²) < 4.78 is 42.8. The number of nitrogens with one attached hydrogen (secondary N) is 1. The lowest BCUT2D eigenvalue weighted by Crippen LogP contribution is -2.07. The quantitative estimate of drug-likeness (QED) is 0.669. The molecule has 0 bridgehead atoms. The third-order valence-corrected chi connectivity index (χ3v) is 2.58. The van der Waals surface area contributed by atoms with E-state index in [-0.39, 0.29) is 29.5 Å². The van der Waals surface area contributed by atoms with Crippen LogP contribution in [0.5, 0.6) is 0 Å². The van der Waals surface area contributed by atoms with Crippen molar-refractivity contribution < 1.29 is 22.7 Å². The first-order valence-electron chi connectivity index (χ1n) is 5.89. The molecule has 0 fully saturated rings. The average Bonchev–Trinajstić information content (AvgIpc) is 2.87. The maximum atomic E-state index is 12.7. The topological polar surface area (TPSA) is 93.9 Å². The number of ether oxygens (including phenoxy) is 1. The van der Waals surface area contributed by atoms with Gasteiger partial charge in [0.2, 0.25) is 5.82 Å². The van der Waals surface area contributed by atoms with Crippen molar-refractivity contribution in [3.8, 4) is 11.4 Å².